The van der Waals surface area contributed by atoms with Crippen LogP contribution in [0.1, 0.15) is 23.6 Å². The Bertz CT molecular complexity index is 659. The van der Waals surface area contributed by atoms with Crippen molar-refractivity contribution in [1.29, 1.82) is 5.26 Å². The third kappa shape index (κ3) is 5.90. The smallest absolute Gasteiger partial charge is 0.0640 e. The summed E-state index contributed by atoms with van der Waals surface area (Å²) in [6, 6.07) is 21.7. The summed E-state index contributed by atoms with van der Waals surface area (Å²) in [5, 5.41) is 12.2. The Morgan fingerprint density at radius 2 is 1.68 bits per heavy atom. The largest absolute Gasteiger partial charge is 0.374 e. The molecule has 4 nitrogen and oxygen atoms in total. The van der Waals surface area contributed by atoms with Gasteiger partial charge in [0, 0.05) is 38.4 Å². The van der Waals surface area contributed by atoms with Crippen molar-refractivity contribution in [2.45, 2.75) is 19.0 Å². The number of rotatable bonds is 9. The predicted molar refractivity (Wildman–Crippen MR) is 105 cm³/mol. The summed E-state index contributed by atoms with van der Waals surface area (Å²) in [5.41, 5.74) is 3.74. The fraction of sp³-hybridized carbons (Fsp3) is 0.381. The Kier molecular flexibility index (Phi) is 7.46. The van der Waals surface area contributed by atoms with Gasteiger partial charge in [-0.1, -0.05) is 42.5 Å². The Morgan fingerprint density at radius 1 is 1.00 bits per heavy atom. The molecule has 2 aromatic rings. The quantitative estimate of drug-likeness (QED) is 0.762. The second-order valence-corrected chi connectivity index (χ2v) is 6.52. The fourth-order valence-electron chi connectivity index (χ4n) is 2.84. The number of likely N-dealkylation sites (N-methyl/N-ethyl adjacent to an activating group) is 1. The second-order valence-electron chi connectivity index (χ2n) is 6.52. The van der Waals surface area contributed by atoms with Gasteiger partial charge in [-0.2, -0.15) is 5.26 Å². The molecule has 0 aliphatic heterocycles. The SMILES string of the molecule is CN(CCC#N)c1ccc(CNCC(c2ccccc2)N(C)C)cc1. The van der Waals surface area contributed by atoms with Gasteiger partial charge in [0.15, 0.2) is 0 Å². The highest BCUT2D eigenvalue weighted by Gasteiger charge is 2.12. The third-order valence-electron chi connectivity index (χ3n) is 4.41. The average molecular weight is 336 g/mol. The first-order valence-corrected chi connectivity index (χ1v) is 8.71. The number of nitrogens with zero attached hydrogens (tertiary/aromatic N) is 3. The highest BCUT2D eigenvalue weighted by molar-refractivity contribution is 5.46. The Hall–Kier alpha value is -2.35. The number of benzene rings is 2. The summed E-state index contributed by atoms with van der Waals surface area (Å²) in [6.07, 6.45) is 0.547. The molecule has 0 heterocycles. The number of nitriles is 1. The van der Waals surface area contributed by atoms with Crippen molar-refractivity contribution in [1.82, 2.24) is 10.2 Å². The lowest BCUT2D eigenvalue weighted by atomic mass is 10.1. The molecule has 0 aromatic heterocycles. The zero-order chi connectivity index (χ0) is 18.1. The van der Waals surface area contributed by atoms with E-state index in [0.717, 1.165) is 25.3 Å². The minimum atomic E-state index is 0.359. The van der Waals surface area contributed by atoms with Crippen molar-refractivity contribution in [2.75, 3.05) is 39.1 Å². The zero-order valence-electron chi connectivity index (χ0n) is 15.4. The zero-order valence-corrected chi connectivity index (χ0v) is 15.4. The topological polar surface area (TPSA) is 42.3 Å². The van der Waals surface area contributed by atoms with Crippen LogP contribution in [0.15, 0.2) is 54.6 Å². The van der Waals surface area contributed by atoms with Gasteiger partial charge >= 0.3 is 0 Å². The average Bonchev–Trinajstić information content (AvgIpc) is 2.64. The van der Waals surface area contributed by atoms with E-state index in [4.69, 9.17) is 5.26 Å². The van der Waals surface area contributed by atoms with E-state index in [9.17, 15) is 0 Å². The van der Waals surface area contributed by atoms with Gasteiger partial charge in [-0.15, -0.1) is 0 Å². The molecule has 0 aliphatic carbocycles. The number of hydrogen-bond donors (Lipinski definition) is 1. The summed E-state index contributed by atoms with van der Waals surface area (Å²) in [5.74, 6) is 0. The van der Waals surface area contributed by atoms with E-state index >= 15 is 0 Å². The first-order valence-electron chi connectivity index (χ1n) is 8.71. The lowest BCUT2D eigenvalue weighted by Gasteiger charge is -2.25. The molecule has 0 saturated heterocycles. The number of hydrogen-bond acceptors (Lipinski definition) is 4. The van der Waals surface area contributed by atoms with Gasteiger partial charge in [-0.3, -0.25) is 0 Å². The van der Waals surface area contributed by atoms with Crippen LogP contribution in [0.4, 0.5) is 5.69 Å². The van der Waals surface area contributed by atoms with Crippen LogP contribution >= 0.6 is 0 Å². The summed E-state index contributed by atoms with van der Waals surface area (Å²) < 4.78 is 0. The Morgan fingerprint density at radius 3 is 2.28 bits per heavy atom. The lowest BCUT2D eigenvalue weighted by Crippen LogP contribution is -2.30. The monoisotopic (exact) mass is 336 g/mol. The molecule has 1 unspecified atom stereocenters. The molecule has 0 aliphatic rings. The molecule has 25 heavy (non-hydrogen) atoms. The van der Waals surface area contributed by atoms with Crippen molar-refractivity contribution in [2.24, 2.45) is 0 Å². The van der Waals surface area contributed by atoms with E-state index in [2.05, 4.69) is 89.9 Å². The van der Waals surface area contributed by atoms with Gasteiger partial charge in [0.2, 0.25) is 0 Å². The maximum absolute atomic E-state index is 8.68. The second kappa shape index (κ2) is 9.83. The molecule has 0 spiro atoms. The molecule has 1 N–H and O–H groups in total. The standard InChI is InChI=1S/C21H28N4/c1-24(2)21(19-8-5-4-6-9-19)17-23-16-18-10-12-20(13-11-18)25(3)15-7-14-22/h4-6,8-13,21,23H,7,15-17H2,1-3H3. The van der Waals surface area contributed by atoms with E-state index in [-0.39, 0.29) is 0 Å². The van der Waals surface area contributed by atoms with E-state index in [1.807, 2.05) is 7.05 Å². The molecule has 0 fully saturated rings. The normalized spacial score (nSPS) is 12.0. The van der Waals surface area contributed by atoms with Gasteiger partial charge in [-0.05, 0) is 37.4 Å². The van der Waals surface area contributed by atoms with E-state index in [0.29, 0.717) is 12.5 Å². The minimum absolute atomic E-state index is 0.359. The third-order valence-corrected chi connectivity index (χ3v) is 4.41. The number of anilines is 1. The van der Waals surface area contributed by atoms with Crippen LogP contribution in [0, 0.1) is 11.3 Å². The highest BCUT2D eigenvalue weighted by Crippen LogP contribution is 2.17. The van der Waals surface area contributed by atoms with Crippen molar-refractivity contribution < 1.29 is 0 Å². The minimum Gasteiger partial charge on any atom is -0.374 e. The van der Waals surface area contributed by atoms with Gasteiger partial charge in [0.05, 0.1) is 12.5 Å². The summed E-state index contributed by atoms with van der Waals surface area (Å²) in [4.78, 5) is 4.35. The predicted octanol–water partition coefficient (Wildman–Crippen LogP) is 3.43. The van der Waals surface area contributed by atoms with Crippen LogP contribution < -0.4 is 10.2 Å². The first kappa shape index (κ1) is 19.0. The molecule has 0 saturated carbocycles. The van der Waals surface area contributed by atoms with Gasteiger partial charge in [-0.25, -0.2) is 0 Å². The molecule has 132 valence electrons. The Labute approximate surface area is 151 Å². The van der Waals surface area contributed by atoms with Crippen LogP contribution in [-0.2, 0) is 6.54 Å². The number of nitrogens with one attached hydrogen (secondary N) is 1. The van der Waals surface area contributed by atoms with E-state index < -0.39 is 0 Å². The van der Waals surface area contributed by atoms with Crippen LogP contribution in [0.3, 0.4) is 0 Å². The molecule has 2 rings (SSSR count). The van der Waals surface area contributed by atoms with Gasteiger partial charge in [0.1, 0.15) is 0 Å². The fourth-order valence-corrected chi connectivity index (χ4v) is 2.84. The molecular formula is C21H28N4. The Balaban J connectivity index is 1.87. The van der Waals surface area contributed by atoms with Crippen LogP contribution in [0.5, 0.6) is 0 Å². The maximum atomic E-state index is 8.68. The maximum Gasteiger partial charge on any atom is 0.0640 e. The van der Waals surface area contributed by atoms with Crippen molar-refractivity contribution in [3.8, 4) is 6.07 Å². The summed E-state index contributed by atoms with van der Waals surface area (Å²) in [6.45, 7) is 2.51. The highest BCUT2D eigenvalue weighted by atomic mass is 15.1. The van der Waals surface area contributed by atoms with Gasteiger partial charge < -0.3 is 15.1 Å². The molecule has 0 radical (unpaired) electrons. The van der Waals surface area contributed by atoms with Gasteiger partial charge in [0.25, 0.3) is 0 Å². The van der Waals surface area contributed by atoms with Crippen molar-refractivity contribution in [3.05, 3.63) is 65.7 Å². The van der Waals surface area contributed by atoms with Crippen molar-refractivity contribution >= 4 is 5.69 Å². The summed E-state index contributed by atoms with van der Waals surface area (Å²) in [7, 11) is 6.25. The molecule has 2 aromatic carbocycles. The molecule has 0 amide bonds. The van der Waals surface area contributed by atoms with Crippen LogP contribution in [0.2, 0.25) is 0 Å². The summed E-state index contributed by atoms with van der Waals surface area (Å²) >= 11 is 0. The van der Waals surface area contributed by atoms with Crippen LogP contribution in [-0.4, -0.2) is 39.1 Å². The molecular weight excluding hydrogens is 308 g/mol. The van der Waals surface area contributed by atoms with E-state index in [1.54, 1.807) is 0 Å². The van der Waals surface area contributed by atoms with E-state index in [1.165, 1.54) is 11.1 Å². The van der Waals surface area contributed by atoms with Crippen LogP contribution in [0.25, 0.3) is 0 Å². The van der Waals surface area contributed by atoms with Crippen molar-refractivity contribution in [3.63, 3.8) is 0 Å². The molecule has 1 atom stereocenters. The lowest BCUT2D eigenvalue weighted by molar-refractivity contribution is 0.288. The molecule has 4 heteroatoms. The molecule has 0 bridgehead atoms. The first-order chi connectivity index (χ1) is 12.1.